The van der Waals surface area contributed by atoms with Crippen LogP contribution in [-0.4, -0.2) is 16.9 Å². The minimum atomic E-state index is -0.538. The molecule has 2 aromatic rings. The first-order valence-corrected chi connectivity index (χ1v) is 8.24. The van der Waals surface area contributed by atoms with E-state index in [4.69, 9.17) is 5.73 Å². The standard InChI is InChI=1S/C17H23N3OS.ClH/c1-11(19-15(21)14(18)17(2,3)4)16-20-13(10-22-16)12-8-6-5-7-9-12;/h5-11,14H,18H2,1-4H3,(H,19,21);1H/t11?,14-;/m1./s1. The van der Waals surface area contributed by atoms with Crippen LogP contribution >= 0.6 is 23.7 Å². The molecule has 0 fully saturated rings. The fourth-order valence-electron chi connectivity index (χ4n) is 1.99. The summed E-state index contributed by atoms with van der Waals surface area (Å²) in [6, 6.07) is 9.32. The molecule has 0 saturated heterocycles. The molecule has 2 rings (SSSR count). The lowest BCUT2D eigenvalue weighted by molar-refractivity contribution is -0.125. The van der Waals surface area contributed by atoms with Gasteiger partial charge in [0.15, 0.2) is 0 Å². The summed E-state index contributed by atoms with van der Waals surface area (Å²) in [5.41, 5.74) is 7.74. The van der Waals surface area contributed by atoms with Gasteiger partial charge in [-0.1, -0.05) is 51.1 Å². The van der Waals surface area contributed by atoms with Gasteiger partial charge in [-0.2, -0.15) is 0 Å². The van der Waals surface area contributed by atoms with Crippen molar-refractivity contribution in [1.82, 2.24) is 10.3 Å². The Morgan fingerprint density at radius 1 is 1.26 bits per heavy atom. The number of aromatic nitrogens is 1. The highest BCUT2D eigenvalue weighted by atomic mass is 35.5. The minimum absolute atomic E-state index is 0. The molecular formula is C17H24ClN3OS. The van der Waals surface area contributed by atoms with Crippen molar-refractivity contribution in [2.75, 3.05) is 0 Å². The second-order valence-electron chi connectivity index (χ2n) is 6.51. The predicted octanol–water partition coefficient (Wildman–Crippen LogP) is 3.78. The van der Waals surface area contributed by atoms with Crippen LogP contribution < -0.4 is 11.1 Å². The van der Waals surface area contributed by atoms with E-state index >= 15 is 0 Å². The summed E-state index contributed by atoms with van der Waals surface area (Å²) in [4.78, 5) is 16.8. The van der Waals surface area contributed by atoms with E-state index in [9.17, 15) is 4.79 Å². The van der Waals surface area contributed by atoms with Crippen molar-refractivity contribution in [3.8, 4) is 11.3 Å². The molecule has 0 aliphatic carbocycles. The SMILES string of the molecule is CC(NC(=O)[C@@H](N)C(C)(C)C)c1nc(-c2ccccc2)cs1.Cl. The lowest BCUT2D eigenvalue weighted by Crippen LogP contribution is -2.49. The monoisotopic (exact) mass is 353 g/mol. The number of nitrogens with zero attached hydrogens (tertiary/aromatic N) is 1. The average molecular weight is 354 g/mol. The van der Waals surface area contributed by atoms with Crippen molar-refractivity contribution in [2.45, 2.75) is 39.8 Å². The van der Waals surface area contributed by atoms with Gasteiger partial charge < -0.3 is 11.1 Å². The maximum absolute atomic E-state index is 12.2. The van der Waals surface area contributed by atoms with Gasteiger partial charge in [-0.25, -0.2) is 4.98 Å². The number of carbonyl (C=O) groups excluding carboxylic acids is 1. The Bertz CT molecular complexity index is 637. The highest BCUT2D eigenvalue weighted by Crippen LogP contribution is 2.25. The normalized spacial score (nSPS) is 13.8. The number of amides is 1. The molecule has 23 heavy (non-hydrogen) atoms. The fraction of sp³-hybridized carbons (Fsp3) is 0.412. The van der Waals surface area contributed by atoms with E-state index in [1.807, 2.05) is 63.4 Å². The Morgan fingerprint density at radius 2 is 1.87 bits per heavy atom. The van der Waals surface area contributed by atoms with Crippen LogP contribution in [0.5, 0.6) is 0 Å². The number of nitrogens with one attached hydrogen (secondary N) is 1. The van der Waals surface area contributed by atoms with Crippen LogP contribution in [0.1, 0.15) is 38.7 Å². The Labute approximate surface area is 147 Å². The summed E-state index contributed by atoms with van der Waals surface area (Å²) in [6.45, 7) is 7.80. The van der Waals surface area contributed by atoms with E-state index in [1.54, 1.807) is 11.3 Å². The van der Waals surface area contributed by atoms with Crippen LogP contribution in [0, 0.1) is 5.41 Å². The quantitative estimate of drug-likeness (QED) is 0.878. The van der Waals surface area contributed by atoms with E-state index in [0.29, 0.717) is 0 Å². The highest BCUT2D eigenvalue weighted by molar-refractivity contribution is 7.10. The number of carbonyl (C=O) groups is 1. The topological polar surface area (TPSA) is 68.0 Å². The number of nitrogens with two attached hydrogens (primary N) is 1. The van der Waals surface area contributed by atoms with Crippen molar-refractivity contribution in [1.29, 1.82) is 0 Å². The van der Waals surface area contributed by atoms with E-state index in [0.717, 1.165) is 16.3 Å². The van der Waals surface area contributed by atoms with Gasteiger partial charge in [0, 0.05) is 10.9 Å². The molecule has 0 aliphatic rings. The van der Waals surface area contributed by atoms with Gasteiger partial charge in [0.2, 0.25) is 5.91 Å². The number of thiazole rings is 1. The molecule has 6 heteroatoms. The molecule has 1 aromatic carbocycles. The van der Waals surface area contributed by atoms with Crippen LogP contribution in [0.4, 0.5) is 0 Å². The van der Waals surface area contributed by atoms with Crippen molar-refractivity contribution in [3.63, 3.8) is 0 Å². The first kappa shape index (κ1) is 19.6. The van der Waals surface area contributed by atoms with Crippen molar-refractivity contribution < 1.29 is 4.79 Å². The van der Waals surface area contributed by atoms with Gasteiger partial charge in [-0.15, -0.1) is 23.7 Å². The van der Waals surface area contributed by atoms with Crippen molar-refractivity contribution in [2.24, 2.45) is 11.1 Å². The first-order chi connectivity index (χ1) is 10.3. The maximum atomic E-state index is 12.2. The zero-order valence-electron chi connectivity index (χ0n) is 13.9. The summed E-state index contributed by atoms with van der Waals surface area (Å²) in [5.74, 6) is -0.142. The molecule has 1 heterocycles. The molecule has 1 unspecified atom stereocenters. The summed E-state index contributed by atoms with van der Waals surface area (Å²) >= 11 is 1.55. The van der Waals surface area contributed by atoms with Crippen LogP contribution in [0.3, 0.4) is 0 Å². The van der Waals surface area contributed by atoms with E-state index < -0.39 is 6.04 Å². The third-order valence-corrected chi connectivity index (χ3v) is 4.56. The van der Waals surface area contributed by atoms with Crippen LogP contribution in [-0.2, 0) is 4.79 Å². The maximum Gasteiger partial charge on any atom is 0.238 e. The molecule has 0 aliphatic heterocycles. The molecule has 1 amide bonds. The third-order valence-electron chi connectivity index (χ3n) is 3.54. The lowest BCUT2D eigenvalue weighted by Gasteiger charge is -2.27. The molecule has 4 nitrogen and oxygen atoms in total. The Kier molecular flexibility index (Phi) is 6.74. The van der Waals surface area contributed by atoms with Gasteiger partial charge in [0.25, 0.3) is 0 Å². The molecule has 2 atom stereocenters. The number of benzene rings is 1. The van der Waals surface area contributed by atoms with Crippen LogP contribution in [0.2, 0.25) is 0 Å². The van der Waals surface area contributed by atoms with Crippen molar-refractivity contribution in [3.05, 3.63) is 40.7 Å². The number of hydrogen-bond acceptors (Lipinski definition) is 4. The lowest BCUT2D eigenvalue weighted by atomic mass is 9.87. The average Bonchev–Trinajstić information content (AvgIpc) is 2.96. The molecule has 3 N–H and O–H groups in total. The second-order valence-corrected chi connectivity index (χ2v) is 7.40. The Balaban J connectivity index is 0.00000264. The third kappa shape index (κ3) is 5.03. The molecule has 0 bridgehead atoms. The zero-order chi connectivity index (χ0) is 16.3. The van der Waals surface area contributed by atoms with E-state index in [1.165, 1.54) is 0 Å². The van der Waals surface area contributed by atoms with Gasteiger partial charge in [0.05, 0.1) is 17.8 Å². The number of hydrogen-bond donors (Lipinski definition) is 2. The first-order valence-electron chi connectivity index (χ1n) is 7.36. The zero-order valence-corrected chi connectivity index (χ0v) is 15.5. The Morgan fingerprint density at radius 3 is 2.43 bits per heavy atom. The highest BCUT2D eigenvalue weighted by Gasteiger charge is 2.28. The van der Waals surface area contributed by atoms with Crippen molar-refractivity contribution >= 4 is 29.7 Å². The second kappa shape index (κ2) is 7.90. The summed E-state index contributed by atoms with van der Waals surface area (Å²) in [5, 5.41) is 5.84. The van der Waals surface area contributed by atoms with Crippen LogP contribution in [0.25, 0.3) is 11.3 Å². The van der Waals surface area contributed by atoms with Gasteiger partial charge in [-0.05, 0) is 12.3 Å². The molecule has 0 radical (unpaired) electrons. The van der Waals surface area contributed by atoms with E-state index in [-0.39, 0.29) is 29.8 Å². The summed E-state index contributed by atoms with van der Waals surface area (Å²) < 4.78 is 0. The largest absolute Gasteiger partial charge is 0.346 e. The molecular weight excluding hydrogens is 330 g/mol. The van der Waals surface area contributed by atoms with E-state index in [2.05, 4.69) is 10.3 Å². The molecule has 0 saturated carbocycles. The van der Waals surface area contributed by atoms with Gasteiger partial charge >= 0.3 is 0 Å². The molecule has 1 aromatic heterocycles. The number of halogens is 1. The van der Waals surface area contributed by atoms with Gasteiger partial charge in [0.1, 0.15) is 5.01 Å². The Hall–Kier alpha value is -1.43. The smallest absolute Gasteiger partial charge is 0.238 e. The molecule has 0 spiro atoms. The summed E-state index contributed by atoms with van der Waals surface area (Å²) in [7, 11) is 0. The number of rotatable bonds is 4. The van der Waals surface area contributed by atoms with Crippen LogP contribution in [0.15, 0.2) is 35.7 Å². The predicted molar refractivity (Wildman–Crippen MR) is 98.8 cm³/mol. The summed E-state index contributed by atoms with van der Waals surface area (Å²) in [6.07, 6.45) is 0. The molecule has 126 valence electrons. The minimum Gasteiger partial charge on any atom is -0.346 e. The fourth-order valence-corrected chi connectivity index (χ4v) is 2.82. The van der Waals surface area contributed by atoms with Gasteiger partial charge in [-0.3, -0.25) is 4.79 Å².